The van der Waals surface area contributed by atoms with Crippen LogP contribution in [-0.4, -0.2) is 64.1 Å². The van der Waals surface area contributed by atoms with E-state index in [0.29, 0.717) is 30.9 Å². The number of nitrogens with zero attached hydrogens (tertiary/aromatic N) is 5. The summed E-state index contributed by atoms with van der Waals surface area (Å²) in [5, 5.41) is 7.39. The summed E-state index contributed by atoms with van der Waals surface area (Å²) in [7, 11) is 1.33. The second-order valence-corrected chi connectivity index (χ2v) is 10.5. The van der Waals surface area contributed by atoms with E-state index in [4.69, 9.17) is 15.2 Å². The highest BCUT2D eigenvalue weighted by Crippen LogP contribution is 2.31. The molecule has 0 saturated carbocycles. The van der Waals surface area contributed by atoms with Crippen LogP contribution in [0.2, 0.25) is 0 Å². The largest absolute Gasteiger partial charge is 0.491 e. The molecule has 3 aromatic heterocycles. The predicted octanol–water partition coefficient (Wildman–Crippen LogP) is 3.96. The number of aromatic nitrogens is 4. The lowest BCUT2D eigenvalue weighted by atomic mass is 9.89. The summed E-state index contributed by atoms with van der Waals surface area (Å²) in [5.74, 6) is -0.779. The molecule has 0 unspecified atom stereocenters. The first kappa shape index (κ1) is 28.2. The Hall–Kier alpha value is -4.32. The van der Waals surface area contributed by atoms with Crippen LogP contribution in [0.3, 0.4) is 0 Å². The number of imidazole rings is 1. The third kappa shape index (κ3) is 5.92. The van der Waals surface area contributed by atoms with Crippen LogP contribution in [0.4, 0.5) is 19.3 Å². The Morgan fingerprint density at radius 2 is 1.93 bits per heavy atom. The predicted molar refractivity (Wildman–Crippen MR) is 150 cm³/mol. The van der Waals surface area contributed by atoms with Gasteiger partial charge in [0.05, 0.1) is 42.2 Å². The second kappa shape index (κ2) is 11.7. The molecule has 0 bridgehead atoms. The highest BCUT2D eigenvalue weighted by atomic mass is 19.1. The third-order valence-electron chi connectivity index (χ3n) is 7.15. The van der Waals surface area contributed by atoms with Crippen LogP contribution in [-0.2, 0) is 11.2 Å². The molecule has 4 heterocycles. The summed E-state index contributed by atoms with van der Waals surface area (Å²) >= 11 is 0. The number of fused-ring (bicyclic) bond motifs is 1. The number of ether oxygens (including phenoxy) is 2. The number of rotatable bonds is 7. The average molecular weight is 566 g/mol. The van der Waals surface area contributed by atoms with Gasteiger partial charge in [0.2, 0.25) is 0 Å². The van der Waals surface area contributed by atoms with E-state index in [-0.39, 0.29) is 41.1 Å². The van der Waals surface area contributed by atoms with Crippen molar-refractivity contribution in [3.63, 3.8) is 0 Å². The maximum atomic E-state index is 15.0. The first-order valence-corrected chi connectivity index (χ1v) is 13.4. The van der Waals surface area contributed by atoms with Gasteiger partial charge in [0.1, 0.15) is 23.2 Å². The lowest BCUT2D eigenvalue weighted by molar-refractivity contribution is 0.156. The quantitative estimate of drug-likeness (QED) is 0.346. The Bertz CT molecular complexity index is 1530. The van der Waals surface area contributed by atoms with Crippen molar-refractivity contribution in [3.05, 3.63) is 71.9 Å². The number of anilines is 1. The number of piperidine rings is 1. The van der Waals surface area contributed by atoms with Crippen molar-refractivity contribution < 1.29 is 23.0 Å². The van der Waals surface area contributed by atoms with Crippen LogP contribution < -0.4 is 20.7 Å². The first-order chi connectivity index (χ1) is 19.6. The molecule has 0 aliphatic carbocycles. The number of hydrogen-bond donors (Lipinski definition) is 2. The molecule has 1 fully saturated rings. The average Bonchev–Trinajstić information content (AvgIpc) is 3.32. The molecule has 5 rings (SSSR count). The minimum Gasteiger partial charge on any atom is -0.491 e. The number of methoxy groups -OCH3 is 1. The van der Waals surface area contributed by atoms with E-state index < -0.39 is 17.7 Å². The van der Waals surface area contributed by atoms with Crippen LogP contribution in [0.25, 0.3) is 16.8 Å². The van der Waals surface area contributed by atoms with Crippen LogP contribution in [0.5, 0.6) is 5.75 Å². The van der Waals surface area contributed by atoms with E-state index in [1.807, 2.05) is 13.0 Å². The van der Waals surface area contributed by atoms with Gasteiger partial charge in [0, 0.05) is 61.3 Å². The van der Waals surface area contributed by atoms with Crippen LogP contribution in [0.1, 0.15) is 32.2 Å². The third-order valence-corrected chi connectivity index (χ3v) is 7.15. The maximum Gasteiger partial charge on any atom is 0.407 e. The molecular formula is C29H33F2N7O3. The molecule has 0 spiro atoms. The summed E-state index contributed by atoms with van der Waals surface area (Å²) < 4.78 is 41.8. The molecule has 1 aromatic carbocycles. The maximum absolute atomic E-state index is 15.0. The fourth-order valence-corrected chi connectivity index (χ4v) is 5.32. The Morgan fingerprint density at radius 1 is 1.17 bits per heavy atom. The first-order valence-electron chi connectivity index (χ1n) is 13.4. The Labute approximate surface area is 236 Å². The molecular weight excluding hydrogens is 532 g/mol. The zero-order valence-electron chi connectivity index (χ0n) is 23.3. The summed E-state index contributed by atoms with van der Waals surface area (Å²) in [6, 6.07) is 6.99. The molecule has 10 nitrogen and oxygen atoms in total. The van der Waals surface area contributed by atoms with Gasteiger partial charge in [-0.2, -0.15) is 5.10 Å². The molecule has 0 radical (unpaired) electrons. The van der Waals surface area contributed by atoms with Gasteiger partial charge in [0.25, 0.3) is 0 Å². The molecule has 1 aliphatic rings. The van der Waals surface area contributed by atoms with Gasteiger partial charge in [-0.05, 0) is 38.0 Å². The standard InChI is InChI=1S/C29H33F2N7O3/c1-16(2)41-20-10-21(30)27(22(31)11-20)24-6-5-19-13-34-26(38(19)36-24)9-18-12-33-8-7-25(18)37-14-17(3)28(23(32)15-37)35-29(39)40-4/h5-8,10-13,16-17,23,28H,9,14-15,32H2,1-4H3,(H,35,39)/t17-,23+,28-/m0/s1. The molecule has 3 atom stereocenters. The van der Waals surface area contributed by atoms with E-state index in [1.165, 1.54) is 7.11 Å². The van der Waals surface area contributed by atoms with Gasteiger partial charge >= 0.3 is 6.09 Å². The van der Waals surface area contributed by atoms with Gasteiger partial charge in [-0.25, -0.2) is 23.1 Å². The number of halogens is 2. The monoisotopic (exact) mass is 565 g/mol. The van der Waals surface area contributed by atoms with Crippen molar-refractivity contribution in [3.8, 4) is 17.0 Å². The number of benzene rings is 1. The highest BCUT2D eigenvalue weighted by molar-refractivity contribution is 5.68. The number of amides is 1. The van der Waals surface area contributed by atoms with E-state index in [9.17, 15) is 4.79 Å². The lowest BCUT2D eigenvalue weighted by Gasteiger charge is -2.42. The summed E-state index contributed by atoms with van der Waals surface area (Å²) in [4.78, 5) is 22.8. The molecule has 12 heteroatoms. The number of pyridine rings is 1. The molecule has 1 amide bonds. The SMILES string of the molecule is COC(=O)N[C@@H]1[C@H](N)CN(c2ccncc2Cc2ncc3ccc(-c4c(F)cc(OC(C)C)cc4F)nn23)C[C@@H]1C. The number of hydrogen-bond acceptors (Lipinski definition) is 8. The van der Waals surface area contributed by atoms with Crippen LogP contribution >= 0.6 is 0 Å². The van der Waals surface area contributed by atoms with Crippen molar-refractivity contribution in [2.24, 2.45) is 11.7 Å². The Morgan fingerprint density at radius 3 is 2.61 bits per heavy atom. The minimum absolute atomic E-state index is 0.0532. The van der Waals surface area contributed by atoms with E-state index >= 15 is 8.78 Å². The van der Waals surface area contributed by atoms with E-state index in [0.717, 1.165) is 23.4 Å². The summed E-state index contributed by atoms with van der Waals surface area (Å²) in [5.41, 5.74) is 8.86. The fraction of sp³-hybridized carbons (Fsp3) is 0.379. The van der Waals surface area contributed by atoms with Crippen LogP contribution in [0.15, 0.2) is 48.9 Å². The number of alkyl carbamates (subject to hydrolysis) is 1. The van der Waals surface area contributed by atoms with Gasteiger partial charge in [-0.15, -0.1) is 0 Å². The summed E-state index contributed by atoms with van der Waals surface area (Å²) in [6.45, 7) is 6.76. The van der Waals surface area contributed by atoms with Gasteiger partial charge in [-0.3, -0.25) is 4.98 Å². The number of nitrogens with two attached hydrogens (primary N) is 1. The molecule has 216 valence electrons. The smallest absolute Gasteiger partial charge is 0.407 e. The molecule has 1 aliphatic heterocycles. The highest BCUT2D eigenvalue weighted by Gasteiger charge is 2.34. The van der Waals surface area contributed by atoms with Gasteiger partial charge < -0.3 is 25.4 Å². The van der Waals surface area contributed by atoms with Crippen molar-refractivity contribution in [1.29, 1.82) is 0 Å². The van der Waals surface area contributed by atoms with Crippen molar-refractivity contribution in [1.82, 2.24) is 24.9 Å². The topological polar surface area (TPSA) is 120 Å². The zero-order valence-corrected chi connectivity index (χ0v) is 23.3. The molecule has 41 heavy (non-hydrogen) atoms. The van der Waals surface area contributed by atoms with Crippen LogP contribution in [0, 0.1) is 17.6 Å². The molecule has 3 N–H and O–H groups in total. The van der Waals surface area contributed by atoms with E-state index in [2.05, 4.69) is 25.3 Å². The lowest BCUT2D eigenvalue weighted by Crippen LogP contribution is -2.62. The van der Waals surface area contributed by atoms with Crippen molar-refractivity contribution in [2.75, 3.05) is 25.1 Å². The van der Waals surface area contributed by atoms with Gasteiger partial charge in [-0.1, -0.05) is 6.92 Å². The summed E-state index contributed by atoms with van der Waals surface area (Å²) in [6.07, 6.45) is 4.78. The molecule has 4 aromatic rings. The zero-order chi connectivity index (χ0) is 29.3. The van der Waals surface area contributed by atoms with Gasteiger partial charge in [0.15, 0.2) is 0 Å². The van der Waals surface area contributed by atoms with E-state index in [1.54, 1.807) is 49.1 Å². The Kier molecular flexibility index (Phi) is 8.02. The fourth-order valence-electron chi connectivity index (χ4n) is 5.32. The normalized spacial score (nSPS) is 19.0. The molecule has 1 saturated heterocycles. The minimum atomic E-state index is -0.765. The number of nitrogens with one attached hydrogen (secondary N) is 1. The van der Waals surface area contributed by atoms with Crippen molar-refractivity contribution in [2.45, 2.75) is 45.4 Å². The second-order valence-electron chi connectivity index (χ2n) is 10.5. The number of carbonyl (C=O) groups is 1. The Balaban J connectivity index is 1.43. The van der Waals surface area contributed by atoms with Crippen molar-refractivity contribution >= 4 is 17.3 Å². The number of carbonyl (C=O) groups excluding carboxylic acids is 1.